The summed E-state index contributed by atoms with van der Waals surface area (Å²) in [7, 11) is 0. The fourth-order valence-electron chi connectivity index (χ4n) is 2.25. The number of hydrogen-bond donors (Lipinski definition) is 2. The third-order valence-electron chi connectivity index (χ3n) is 3.41. The highest BCUT2D eigenvalue weighted by Crippen LogP contribution is 2.23. The topological polar surface area (TPSA) is 77.8 Å². The molecule has 26 heavy (non-hydrogen) atoms. The molecule has 0 saturated heterocycles. The number of hydrogen-bond acceptors (Lipinski definition) is 4. The van der Waals surface area contributed by atoms with Crippen molar-refractivity contribution in [2.75, 3.05) is 10.6 Å². The maximum Gasteiger partial charge on any atom is 0.257 e. The smallest absolute Gasteiger partial charge is 0.257 e. The first-order valence-corrected chi connectivity index (χ1v) is 8.30. The largest absolute Gasteiger partial charge is 0.340 e. The van der Waals surface area contributed by atoms with Crippen LogP contribution < -0.4 is 10.6 Å². The number of carbonyl (C=O) groups is 1. The molecule has 1 aromatic heterocycles. The van der Waals surface area contributed by atoms with Crippen molar-refractivity contribution >= 4 is 46.3 Å². The van der Waals surface area contributed by atoms with Crippen molar-refractivity contribution in [3.63, 3.8) is 0 Å². The van der Waals surface area contributed by atoms with Gasteiger partial charge >= 0.3 is 0 Å². The van der Waals surface area contributed by atoms with Crippen LogP contribution in [0.4, 0.5) is 17.2 Å². The Balaban J connectivity index is 1.70. The summed E-state index contributed by atoms with van der Waals surface area (Å²) >= 11 is 11.8. The molecule has 128 valence electrons. The third kappa shape index (κ3) is 4.51. The molecule has 1 heterocycles. The number of benzene rings is 2. The summed E-state index contributed by atoms with van der Waals surface area (Å²) in [5.41, 5.74) is 2.17. The molecule has 0 atom stereocenters. The number of pyridine rings is 1. The maximum atomic E-state index is 12.3. The van der Waals surface area contributed by atoms with Gasteiger partial charge in [-0.15, -0.1) is 0 Å². The van der Waals surface area contributed by atoms with Crippen LogP contribution in [0.5, 0.6) is 0 Å². The highest BCUT2D eigenvalue weighted by molar-refractivity contribution is 6.35. The van der Waals surface area contributed by atoms with Gasteiger partial charge in [-0.05, 0) is 48.5 Å². The van der Waals surface area contributed by atoms with Gasteiger partial charge in [-0.2, -0.15) is 5.26 Å². The Hall–Kier alpha value is -3.07. The van der Waals surface area contributed by atoms with Gasteiger partial charge in [0.05, 0.1) is 17.2 Å². The molecule has 1 amide bonds. The van der Waals surface area contributed by atoms with Gasteiger partial charge in [0.2, 0.25) is 0 Å². The predicted molar refractivity (Wildman–Crippen MR) is 103 cm³/mol. The highest BCUT2D eigenvalue weighted by Gasteiger charge is 2.08. The Morgan fingerprint density at radius 3 is 2.42 bits per heavy atom. The van der Waals surface area contributed by atoms with E-state index < -0.39 is 0 Å². The first-order valence-electron chi connectivity index (χ1n) is 7.54. The molecule has 0 aliphatic carbocycles. The lowest BCUT2D eigenvalue weighted by atomic mass is 10.2. The SMILES string of the molecule is N#Cc1cccc(Nc2ccc(C(=O)Nc3cc(Cl)cc(Cl)c3)cn2)c1. The van der Waals surface area contributed by atoms with Gasteiger partial charge in [-0.3, -0.25) is 4.79 Å². The Labute approximate surface area is 160 Å². The Morgan fingerprint density at radius 1 is 1.00 bits per heavy atom. The van der Waals surface area contributed by atoms with E-state index in [1.807, 2.05) is 6.07 Å². The molecule has 0 radical (unpaired) electrons. The van der Waals surface area contributed by atoms with Crippen molar-refractivity contribution in [2.45, 2.75) is 0 Å². The van der Waals surface area contributed by atoms with Crippen molar-refractivity contribution in [2.24, 2.45) is 0 Å². The molecule has 3 aromatic rings. The van der Waals surface area contributed by atoms with Gasteiger partial charge in [0.1, 0.15) is 5.82 Å². The number of amides is 1. The van der Waals surface area contributed by atoms with E-state index in [0.29, 0.717) is 32.7 Å². The summed E-state index contributed by atoms with van der Waals surface area (Å²) in [5.74, 6) is 0.233. The Morgan fingerprint density at radius 2 is 1.77 bits per heavy atom. The monoisotopic (exact) mass is 382 g/mol. The molecule has 0 bridgehead atoms. The van der Waals surface area contributed by atoms with Crippen LogP contribution in [0.15, 0.2) is 60.8 Å². The summed E-state index contributed by atoms with van der Waals surface area (Å²) < 4.78 is 0. The van der Waals surface area contributed by atoms with E-state index in [2.05, 4.69) is 21.7 Å². The molecule has 0 fully saturated rings. The average molecular weight is 383 g/mol. The summed E-state index contributed by atoms with van der Waals surface area (Å²) in [6.45, 7) is 0. The number of nitrogens with zero attached hydrogens (tertiary/aromatic N) is 2. The minimum absolute atomic E-state index is 0.325. The lowest BCUT2D eigenvalue weighted by Crippen LogP contribution is -2.12. The number of rotatable bonds is 4. The lowest BCUT2D eigenvalue weighted by molar-refractivity contribution is 0.102. The maximum absolute atomic E-state index is 12.3. The highest BCUT2D eigenvalue weighted by atomic mass is 35.5. The minimum atomic E-state index is -0.325. The van der Waals surface area contributed by atoms with Gasteiger partial charge < -0.3 is 10.6 Å². The van der Waals surface area contributed by atoms with Crippen LogP contribution in [-0.4, -0.2) is 10.9 Å². The van der Waals surface area contributed by atoms with Gasteiger partial charge in [-0.1, -0.05) is 29.3 Å². The second kappa shape index (κ2) is 7.87. The molecular weight excluding hydrogens is 371 g/mol. The summed E-state index contributed by atoms with van der Waals surface area (Å²) in [5, 5.41) is 15.6. The normalized spacial score (nSPS) is 10.0. The second-order valence-electron chi connectivity index (χ2n) is 5.36. The second-order valence-corrected chi connectivity index (χ2v) is 6.23. The molecule has 2 N–H and O–H groups in total. The van der Waals surface area contributed by atoms with Crippen LogP contribution in [-0.2, 0) is 0 Å². The summed E-state index contributed by atoms with van der Waals surface area (Å²) in [4.78, 5) is 16.5. The Kier molecular flexibility index (Phi) is 5.37. The standard InChI is InChI=1S/C19H12Cl2N4O/c20-14-7-15(21)9-17(8-14)25-19(26)13-4-5-18(23-11-13)24-16-3-1-2-12(6-16)10-22/h1-9,11H,(H,23,24)(H,25,26). The van der Waals surface area contributed by atoms with Crippen LogP contribution in [0.25, 0.3) is 0 Å². The van der Waals surface area contributed by atoms with E-state index in [-0.39, 0.29) is 5.91 Å². The van der Waals surface area contributed by atoms with Crippen molar-refractivity contribution in [1.29, 1.82) is 5.26 Å². The van der Waals surface area contributed by atoms with Crippen LogP contribution >= 0.6 is 23.2 Å². The number of nitriles is 1. The van der Waals surface area contributed by atoms with Crippen LogP contribution in [0.2, 0.25) is 10.0 Å². The van der Waals surface area contributed by atoms with E-state index in [9.17, 15) is 4.79 Å². The van der Waals surface area contributed by atoms with E-state index in [0.717, 1.165) is 5.69 Å². The van der Waals surface area contributed by atoms with E-state index in [1.54, 1.807) is 48.5 Å². The van der Waals surface area contributed by atoms with Gasteiger partial charge in [0, 0.05) is 27.6 Å². The fraction of sp³-hybridized carbons (Fsp3) is 0. The van der Waals surface area contributed by atoms with Gasteiger partial charge in [-0.25, -0.2) is 4.98 Å². The molecule has 3 rings (SSSR count). The van der Waals surface area contributed by atoms with Crippen LogP contribution in [0.1, 0.15) is 15.9 Å². The Bertz CT molecular complexity index is 977. The minimum Gasteiger partial charge on any atom is -0.340 e. The lowest BCUT2D eigenvalue weighted by Gasteiger charge is -2.08. The molecule has 0 unspecified atom stereocenters. The van der Waals surface area contributed by atoms with Crippen molar-refractivity contribution in [1.82, 2.24) is 4.98 Å². The first-order chi connectivity index (χ1) is 12.5. The molecule has 0 saturated carbocycles. The average Bonchev–Trinajstić information content (AvgIpc) is 2.61. The van der Waals surface area contributed by atoms with Gasteiger partial charge in [0.15, 0.2) is 0 Å². The van der Waals surface area contributed by atoms with Crippen molar-refractivity contribution in [3.8, 4) is 6.07 Å². The molecule has 5 nitrogen and oxygen atoms in total. The van der Waals surface area contributed by atoms with Crippen LogP contribution in [0, 0.1) is 11.3 Å². The summed E-state index contributed by atoms with van der Waals surface area (Å²) in [6.07, 6.45) is 1.46. The molecule has 0 spiro atoms. The van der Waals surface area contributed by atoms with Crippen molar-refractivity contribution in [3.05, 3.63) is 82.0 Å². The predicted octanol–water partition coefficient (Wildman–Crippen LogP) is 5.26. The zero-order valence-electron chi connectivity index (χ0n) is 13.3. The molecule has 7 heteroatoms. The summed E-state index contributed by atoms with van der Waals surface area (Å²) in [6, 6.07) is 17.2. The van der Waals surface area contributed by atoms with Crippen molar-refractivity contribution < 1.29 is 4.79 Å². The number of nitrogens with one attached hydrogen (secondary N) is 2. The third-order valence-corrected chi connectivity index (χ3v) is 3.85. The molecule has 0 aliphatic heterocycles. The molecule has 2 aromatic carbocycles. The number of halogens is 2. The zero-order chi connectivity index (χ0) is 18.5. The first kappa shape index (κ1) is 17.7. The van der Waals surface area contributed by atoms with Gasteiger partial charge in [0.25, 0.3) is 5.91 Å². The quantitative estimate of drug-likeness (QED) is 0.645. The van der Waals surface area contributed by atoms with E-state index in [1.165, 1.54) is 6.20 Å². The van der Waals surface area contributed by atoms with Crippen LogP contribution in [0.3, 0.4) is 0 Å². The molecular formula is C19H12Cl2N4O. The zero-order valence-corrected chi connectivity index (χ0v) is 14.8. The number of aromatic nitrogens is 1. The molecule has 0 aliphatic rings. The number of carbonyl (C=O) groups excluding carboxylic acids is 1. The van der Waals surface area contributed by atoms with E-state index in [4.69, 9.17) is 28.5 Å². The fourth-order valence-corrected chi connectivity index (χ4v) is 2.77. The van der Waals surface area contributed by atoms with E-state index >= 15 is 0 Å². The number of anilines is 3.